The average Bonchev–Trinajstić information content (AvgIpc) is 3.01. The lowest BCUT2D eigenvalue weighted by Crippen LogP contribution is -2.61. The lowest BCUT2D eigenvalue weighted by Gasteiger charge is -2.62. The zero-order valence-corrected chi connectivity index (χ0v) is 20.5. The Labute approximate surface area is 188 Å². The molecular formula is C27H46F2O2. The first-order valence-electron chi connectivity index (χ1n) is 13.1. The second-order valence-electron chi connectivity index (χ2n) is 13.2. The normalized spacial score (nSPS) is 47.9. The Morgan fingerprint density at radius 3 is 2.26 bits per heavy atom. The highest BCUT2D eigenvalue weighted by molar-refractivity contribution is 5.12. The molecule has 0 aromatic rings. The molecule has 1 unspecified atom stereocenters. The lowest BCUT2D eigenvalue weighted by molar-refractivity contribution is -0.246. The van der Waals surface area contributed by atoms with Crippen molar-refractivity contribution in [1.82, 2.24) is 0 Å². The minimum Gasteiger partial charge on any atom is -0.390 e. The second-order valence-corrected chi connectivity index (χ2v) is 13.2. The van der Waals surface area contributed by atoms with Gasteiger partial charge in [-0.1, -0.05) is 33.6 Å². The largest absolute Gasteiger partial charge is 0.390 e. The van der Waals surface area contributed by atoms with E-state index in [9.17, 15) is 19.0 Å². The van der Waals surface area contributed by atoms with Crippen molar-refractivity contribution in [3.05, 3.63) is 0 Å². The van der Waals surface area contributed by atoms with Gasteiger partial charge >= 0.3 is 0 Å². The van der Waals surface area contributed by atoms with Gasteiger partial charge in [-0.15, -0.1) is 0 Å². The van der Waals surface area contributed by atoms with Crippen molar-refractivity contribution in [2.75, 3.05) is 0 Å². The predicted molar refractivity (Wildman–Crippen MR) is 121 cm³/mol. The highest BCUT2D eigenvalue weighted by atomic mass is 19.3. The first-order valence-corrected chi connectivity index (χ1v) is 13.1. The van der Waals surface area contributed by atoms with Crippen LogP contribution in [-0.4, -0.2) is 27.8 Å². The van der Waals surface area contributed by atoms with Gasteiger partial charge in [0.2, 0.25) is 0 Å². The maximum atomic E-state index is 15.0. The van der Waals surface area contributed by atoms with Gasteiger partial charge in [0.15, 0.2) is 0 Å². The number of alkyl halides is 2. The molecule has 4 aliphatic rings. The van der Waals surface area contributed by atoms with E-state index in [2.05, 4.69) is 20.8 Å². The maximum Gasteiger partial charge on any atom is 0.276 e. The zero-order chi connectivity index (χ0) is 22.8. The molecule has 9 atom stereocenters. The van der Waals surface area contributed by atoms with Crippen LogP contribution in [0.2, 0.25) is 0 Å². The van der Waals surface area contributed by atoms with Gasteiger partial charge in [0.1, 0.15) is 6.10 Å². The molecule has 4 rings (SSSR count). The topological polar surface area (TPSA) is 40.5 Å². The summed E-state index contributed by atoms with van der Waals surface area (Å²) >= 11 is 0. The zero-order valence-electron chi connectivity index (χ0n) is 20.5. The van der Waals surface area contributed by atoms with E-state index < -0.39 is 23.5 Å². The van der Waals surface area contributed by atoms with Crippen LogP contribution in [0, 0.1) is 46.3 Å². The molecule has 0 aliphatic heterocycles. The van der Waals surface area contributed by atoms with Gasteiger partial charge in [-0.3, -0.25) is 0 Å². The summed E-state index contributed by atoms with van der Waals surface area (Å²) in [6.45, 7) is 10.9. The Balaban J connectivity index is 1.48. The summed E-state index contributed by atoms with van der Waals surface area (Å²) in [6.07, 6.45) is 8.99. The summed E-state index contributed by atoms with van der Waals surface area (Å²) in [5.41, 5.74) is -0.553. The van der Waals surface area contributed by atoms with E-state index >= 15 is 0 Å². The summed E-state index contributed by atoms with van der Waals surface area (Å²) in [6, 6.07) is 0. The first-order chi connectivity index (χ1) is 14.3. The third-order valence-electron chi connectivity index (χ3n) is 10.9. The van der Waals surface area contributed by atoms with Crippen LogP contribution >= 0.6 is 0 Å². The third kappa shape index (κ3) is 3.90. The van der Waals surface area contributed by atoms with Crippen LogP contribution in [0.4, 0.5) is 8.78 Å². The van der Waals surface area contributed by atoms with E-state index in [1.54, 1.807) is 0 Å². The highest BCUT2D eigenvalue weighted by Gasteiger charge is 2.66. The molecule has 2 nitrogen and oxygen atoms in total. The lowest BCUT2D eigenvalue weighted by atomic mass is 9.44. The predicted octanol–water partition coefficient (Wildman–Crippen LogP) is 6.83. The molecule has 4 saturated carbocycles. The minimum absolute atomic E-state index is 0.256. The molecular weight excluding hydrogens is 394 g/mol. The maximum absolute atomic E-state index is 15.0. The van der Waals surface area contributed by atoms with Crippen LogP contribution in [0.3, 0.4) is 0 Å². The Kier molecular flexibility index (Phi) is 6.12. The van der Waals surface area contributed by atoms with Crippen LogP contribution in [-0.2, 0) is 0 Å². The summed E-state index contributed by atoms with van der Waals surface area (Å²) in [7, 11) is 0. The van der Waals surface area contributed by atoms with E-state index in [4.69, 9.17) is 0 Å². The van der Waals surface area contributed by atoms with Crippen LogP contribution in [0.15, 0.2) is 0 Å². The van der Waals surface area contributed by atoms with Gasteiger partial charge in [0, 0.05) is 5.92 Å². The van der Waals surface area contributed by atoms with E-state index in [-0.39, 0.29) is 11.8 Å². The molecule has 0 amide bonds. The van der Waals surface area contributed by atoms with E-state index in [1.165, 1.54) is 25.7 Å². The Hall–Kier alpha value is -0.220. The molecule has 4 aliphatic carbocycles. The molecule has 0 saturated heterocycles. The fourth-order valence-corrected chi connectivity index (χ4v) is 9.35. The molecule has 2 N–H and O–H groups in total. The van der Waals surface area contributed by atoms with Crippen molar-refractivity contribution in [2.24, 2.45) is 46.3 Å². The van der Waals surface area contributed by atoms with Crippen molar-refractivity contribution in [1.29, 1.82) is 0 Å². The number of fused-ring (bicyclic) bond motifs is 5. The van der Waals surface area contributed by atoms with Gasteiger partial charge in [0.25, 0.3) is 5.92 Å². The quantitative estimate of drug-likeness (QED) is 0.492. The second kappa shape index (κ2) is 7.93. The third-order valence-corrected chi connectivity index (χ3v) is 10.9. The van der Waals surface area contributed by atoms with Crippen LogP contribution in [0.5, 0.6) is 0 Å². The van der Waals surface area contributed by atoms with Gasteiger partial charge in [0.05, 0.1) is 5.60 Å². The Bertz CT molecular complexity index is 658. The van der Waals surface area contributed by atoms with Crippen LogP contribution in [0.25, 0.3) is 0 Å². The van der Waals surface area contributed by atoms with Gasteiger partial charge in [-0.05, 0) is 112 Å². The highest BCUT2D eigenvalue weighted by Crippen LogP contribution is 2.69. The summed E-state index contributed by atoms with van der Waals surface area (Å²) in [5, 5.41) is 20.1. The number of aliphatic hydroxyl groups excluding tert-OH is 1. The summed E-state index contributed by atoms with van der Waals surface area (Å²) < 4.78 is 30.0. The number of hydrogen-bond acceptors (Lipinski definition) is 2. The van der Waals surface area contributed by atoms with E-state index in [1.807, 2.05) is 13.8 Å². The monoisotopic (exact) mass is 440 g/mol. The number of hydrogen-bond donors (Lipinski definition) is 2. The number of aliphatic hydroxyl groups is 2. The van der Waals surface area contributed by atoms with Gasteiger partial charge < -0.3 is 10.2 Å². The molecule has 4 fully saturated rings. The standard InChI is InChI=1S/C27H46F2O2/c1-17(7-6-14-24(2,3)31)19-9-10-20-18-8-11-22-26(5,16-13-23(30)27(22,28)29)21(18)12-15-25(19,20)4/h17-23,30-31H,6-16H2,1-5H3/t17-,18+,19-,20?,21+,22-,23+,25-,26-/m1/s1. The molecule has 0 spiro atoms. The molecule has 180 valence electrons. The smallest absolute Gasteiger partial charge is 0.276 e. The van der Waals surface area contributed by atoms with Crippen molar-refractivity contribution in [3.8, 4) is 0 Å². The van der Waals surface area contributed by atoms with E-state index in [0.717, 1.165) is 38.0 Å². The van der Waals surface area contributed by atoms with Crippen LogP contribution < -0.4 is 0 Å². The molecule has 0 aromatic carbocycles. The van der Waals surface area contributed by atoms with Gasteiger partial charge in [-0.2, -0.15) is 0 Å². The first kappa shape index (κ1) is 23.9. The Morgan fingerprint density at radius 1 is 0.935 bits per heavy atom. The Morgan fingerprint density at radius 2 is 1.58 bits per heavy atom. The minimum atomic E-state index is -2.92. The fraction of sp³-hybridized carbons (Fsp3) is 1.00. The molecule has 0 heterocycles. The van der Waals surface area contributed by atoms with Crippen molar-refractivity contribution in [3.63, 3.8) is 0 Å². The molecule has 4 heteroatoms. The van der Waals surface area contributed by atoms with Crippen LogP contribution in [0.1, 0.15) is 105 Å². The molecule has 31 heavy (non-hydrogen) atoms. The number of halogens is 2. The van der Waals surface area contributed by atoms with Crippen molar-refractivity contribution < 1.29 is 19.0 Å². The van der Waals surface area contributed by atoms with Crippen molar-refractivity contribution in [2.45, 2.75) is 123 Å². The molecule has 0 aromatic heterocycles. The number of rotatable bonds is 5. The summed E-state index contributed by atoms with van der Waals surface area (Å²) in [4.78, 5) is 0. The van der Waals surface area contributed by atoms with Gasteiger partial charge in [-0.25, -0.2) is 8.78 Å². The molecule has 0 bridgehead atoms. The van der Waals surface area contributed by atoms with E-state index in [0.29, 0.717) is 35.5 Å². The van der Waals surface area contributed by atoms with Crippen molar-refractivity contribution >= 4 is 0 Å². The fourth-order valence-electron chi connectivity index (χ4n) is 9.35. The summed E-state index contributed by atoms with van der Waals surface area (Å²) in [5.74, 6) is -0.535. The average molecular weight is 441 g/mol. The molecule has 0 radical (unpaired) electrons. The SMILES string of the molecule is C[C@H](CCCC(C)(C)O)[C@H]1CCC2[C@@H]3CC[C@H]4C(F)(F)[C@@H](O)CC[C@]4(C)[C@H]3CC[C@@]21C.